The third-order valence-electron chi connectivity index (χ3n) is 3.60. The van der Waals surface area contributed by atoms with Crippen LogP contribution in [0.3, 0.4) is 0 Å². The number of aromatic nitrogens is 2. The lowest BCUT2D eigenvalue weighted by Gasteiger charge is -2.26. The second-order valence-corrected chi connectivity index (χ2v) is 4.86. The first kappa shape index (κ1) is 13.0. The van der Waals surface area contributed by atoms with E-state index in [0.29, 0.717) is 12.5 Å². The molecule has 6 heteroatoms. The molecule has 2 rings (SSSR count). The number of halogens is 1. The summed E-state index contributed by atoms with van der Waals surface area (Å²) in [6.07, 6.45) is 5.33. The summed E-state index contributed by atoms with van der Waals surface area (Å²) in [4.78, 5) is 7.82. The molecule has 1 aromatic heterocycles. The van der Waals surface area contributed by atoms with Gasteiger partial charge in [-0.25, -0.2) is 9.37 Å². The van der Waals surface area contributed by atoms with Gasteiger partial charge in [0.25, 0.3) is 0 Å². The molecule has 3 N–H and O–H groups in total. The maximum atomic E-state index is 13.5. The summed E-state index contributed by atoms with van der Waals surface area (Å²) in [5, 5.41) is 15.2. The van der Waals surface area contributed by atoms with Gasteiger partial charge in [-0.15, -0.1) is 0 Å². The van der Waals surface area contributed by atoms with Crippen LogP contribution < -0.4 is 10.6 Å². The molecule has 18 heavy (non-hydrogen) atoms. The van der Waals surface area contributed by atoms with Crippen LogP contribution in [0.2, 0.25) is 0 Å². The third kappa shape index (κ3) is 2.69. The first-order valence-electron chi connectivity index (χ1n) is 6.24. The van der Waals surface area contributed by atoms with E-state index in [0.717, 1.165) is 31.9 Å². The molecule has 1 aliphatic carbocycles. The summed E-state index contributed by atoms with van der Waals surface area (Å²) in [5.74, 6) is 0.0949. The molecule has 0 amide bonds. The fourth-order valence-electron chi connectivity index (χ4n) is 2.40. The van der Waals surface area contributed by atoms with Gasteiger partial charge >= 0.3 is 0 Å². The van der Waals surface area contributed by atoms with Crippen molar-refractivity contribution in [2.45, 2.75) is 25.7 Å². The number of nitrogens with one attached hydrogen (secondary N) is 2. The summed E-state index contributed by atoms with van der Waals surface area (Å²) >= 11 is 0. The van der Waals surface area contributed by atoms with E-state index in [1.807, 2.05) is 0 Å². The van der Waals surface area contributed by atoms with E-state index in [1.165, 1.54) is 0 Å². The Morgan fingerprint density at radius 2 is 2.17 bits per heavy atom. The van der Waals surface area contributed by atoms with Gasteiger partial charge in [-0.2, -0.15) is 4.98 Å². The van der Waals surface area contributed by atoms with Crippen LogP contribution in [0, 0.1) is 11.2 Å². The Morgan fingerprint density at radius 1 is 1.44 bits per heavy atom. The van der Waals surface area contributed by atoms with Gasteiger partial charge in [0.15, 0.2) is 11.6 Å². The maximum absolute atomic E-state index is 13.5. The SMILES string of the molecule is CNc1ncc(F)c(NCC2(CO)CCCC2)n1. The van der Waals surface area contributed by atoms with Crippen LogP contribution in [0.15, 0.2) is 6.20 Å². The van der Waals surface area contributed by atoms with Crippen molar-refractivity contribution >= 4 is 11.8 Å². The highest BCUT2D eigenvalue weighted by Crippen LogP contribution is 2.37. The van der Waals surface area contributed by atoms with Crippen LogP contribution in [0.1, 0.15) is 25.7 Å². The van der Waals surface area contributed by atoms with Crippen molar-refractivity contribution < 1.29 is 9.50 Å². The average Bonchev–Trinajstić information content (AvgIpc) is 2.87. The van der Waals surface area contributed by atoms with Crippen molar-refractivity contribution in [3.63, 3.8) is 0 Å². The molecule has 1 heterocycles. The largest absolute Gasteiger partial charge is 0.396 e. The Labute approximate surface area is 106 Å². The van der Waals surface area contributed by atoms with Crippen LogP contribution in [0.25, 0.3) is 0 Å². The molecule has 0 aromatic carbocycles. The third-order valence-corrected chi connectivity index (χ3v) is 3.60. The van der Waals surface area contributed by atoms with E-state index in [-0.39, 0.29) is 17.8 Å². The fraction of sp³-hybridized carbons (Fsp3) is 0.667. The predicted molar refractivity (Wildman–Crippen MR) is 68.0 cm³/mol. The van der Waals surface area contributed by atoms with Crippen molar-refractivity contribution in [2.24, 2.45) is 5.41 Å². The normalized spacial score (nSPS) is 17.7. The number of anilines is 2. The van der Waals surface area contributed by atoms with Gasteiger partial charge in [-0.05, 0) is 12.8 Å². The minimum absolute atomic E-state index is 0.128. The lowest BCUT2D eigenvalue weighted by Crippen LogP contribution is -2.31. The number of hydrogen-bond acceptors (Lipinski definition) is 5. The number of rotatable bonds is 5. The fourth-order valence-corrected chi connectivity index (χ4v) is 2.40. The second kappa shape index (κ2) is 5.48. The van der Waals surface area contributed by atoms with Gasteiger partial charge in [-0.1, -0.05) is 12.8 Å². The molecule has 0 radical (unpaired) electrons. The van der Waals surface area contributed by atoms with E-state index in [2.05, 4.69) is 20.6 Å². The quantitative estimate of drug-likeness (QED) is 0.745. The van der Waals surface area contributed by atoms with Crippen LogP contribution >= 0.6 is 0 Å². The highest BCUT2D eigenvalue weighted by Gasteiger charge is 2.33. The molecule has 1 aliphatic rings. The smallest absolute Gasteiger partial charge is 0.224 e. The zero-order chi connectivity index (χ0) is 13.0. The van der Waals surface area contributed by atoms with Gasteiger partial charge in [0.05, 0.1) is 12.8 Å². The predicted octanol–water partition coefficient (Wildman–Crippen LogP) is 1.62. The molecule has 1 fully saturated rings. The van der Waals surface area contributed by atoms with Crippen molar-refractivity contribution in [1.82, 2.24) is 9.97 Å². The molecule has 0 bridgehead atoms. The molecule has 0 unspecified atom stereocenters. The van der Waals surface area contributed by atoms with E-state index < -0.39 is 5.82 Å². The molecule has 0 atom stereocenters. The molecule has 0 spiro atoms. The number of aliphatic hydroxyl groups excluding tert-OH is 1. The molecular formula is C12H19FN4O. The Balaban J connectivity index is 2.05. The van der Waals surface area contributed by atoms with Gasteiger partial charge in [0.2, 0.25) is 5.95 Å². The van der Waals surface area contributed by atoms with E-state index in [1.54, 1.807) is 7.05 Å². The van der Waals surface area contributed by atoms with Crippen molar-refractivity contribution in [3.8, 4) is 0 Å². The van der Waals surface area contributed by atoms with Crippen LogP contribution in [-0.4, -0.2) is 35.3 Å². The summed E-state index contributed by atoms with van der Waals surface area (Å²) in [5.41, 5.74) is -0.128. The van der Waals surface area contributed by atoms with Crippen LogP contribution in [-0.2, 0) is 0 Å². The molecule has 1 aromatic rings. The lowest BCUT2D eigenvalue weighted by molar-refractivity contribution is 0.142. The Bertz CT molecular complexity index is 407. The van der Waals surface area contributed by atoms with Crippen molar-refractivity contribution in [2.75, 3.05) is 30.8 Å². The molecule has 0 saturated heterocycles. The molecule has 100 valence electrons. The van der Waals surface area contributed by atoms with E-state index in [4.69, 9.17) is 0 Å². The Kier molecular flexibility index (Phi) is 3.96. The standard InChI is InChI=1S/C12H19FN4O/c1-14-11-15-6-9(13)10(17-11)16-7-12(8-18)4-2-3-5-12/h6,18H,2-5,7-8H2,1H3,(H2,14,15,16,17). The minimum Gasteiger partial charge on any atom is -0.396 e. The van der Waals surface area contributed by atoms with E-state index in [9.17, 15) is 9.50 Å². The maximum Gasteiger partial charge on any atom is 0.224 e. The number of aliphatic hydroxyl groups is 1. The summed E-state index contributed by atoms with van der Waals surface area (Å²) in [6.45, 7) is 0.673. The first-order chi connectivity index (χ1) is 8.69. The lowest BCUT2D eigenvalue weighted by atomic mass is 9.87. The molecular weight excluding hydrogens is 235 g/mol. The van der Waals surface area contributed by atoms with Crippen LogP contribution in [0.5, 0.6) is 0 Å². The van der Waals surface area contributed by atoms with E-state index >= 15 is 0 Å². The van der Waals surface area contributed by atoms with Gasteiger partial charge in [0, 0.05) is 19.0 Å². The van der Waals surface area contributed by atoms with Gasteiger partial charge < -0.3 is 15.7 Å². The van der Waals surface area contributed by atoms with Crippen LogP contribution in [0.4, 0.5) is 16.2 Å². The number of nitrogens with zero attached hydrogens (tertiary/aromatic N) is 2. The zero-order valence-corrected chi connectivity index (χ0v) is 10.5. The minimum atomic E-state index is -0.472. The van der Waals surface area contributed by atoms with Gasteiger partial charge in [-0.3, -0.25) is 0 Å². The highest BCUT2D eigenvalue weighted by molar-refractivity contribution is 5.41. The molecule has 5 nitrogen and oxygen atoms in total. The summed E-state index contributed by atoms with van der Waals surface area (Å²) in [6, 6.07) is 0. The summed E-state index contributed by atoms with van der Waals surface area (Å²) < 4.78 is 13.5. The number of hydrogen-bond donors (Lipinski definition) is 3. The first-order valence-corrected chi connectivity index (χ1v) is 6.24. The summed E-state index contributed by atoms with van der Waals surface area (Å²) in [7, 11) is 1.68. The molecule has 1 saturated carbocycles. The zero-order valence-electron chi connectivity index (χ0n) is 10.5. The van der Waals surface area contributed by atoms with Crippen molar-refractivity contribution in [3.05, 3.63) is 12.0 Å². The monoisotopic (exact) mass is 254 g/mol. The van der Waals surface area contributed by atoms with Crippen molar-refractivity contribution in [1.29, 1.82) is 0 Å². The topological polar surface area (TPSA) is 70.1 Å². The molecule has 0 aliphatic heterocycles. The Hall–Kier alpha value is -1.43. The highest BCUT2D eigenvalue weighted by atomic mass is 19.1. The average molecular weight is 254 g/mol. The van der Waals surface area contributed by atoms with Gasteiger partial charge in [0.1, 0.15) is 0 Å². The second-order valence-electron chi connectivity index (χ2n) is 4.86. The Morgan fingerprint density at radius 3 is 2.78 bits per heavy atom.